The molecule has 0 aliphatic heterocycles. The number of carbonyl (C=O) groups is 2. The van der Waals surface area contributed by atoms with E-state index in [9.17, 15) is 22.8 Å². The fourth-order valence-electron chi connectivity index (χ4n) is 3.42. The van der Waals surface area contributed by atoms with Crippen LogP contribution in [0.1, 0.15) is 38.7 Å². The van der Waals surface area contributed by atoms with Crippen LogP contribution in [0.2, 0.25) is 0 Å². The molecule has 31 heavy (non-hydrogen) atoms. The number of benzene rings is 3. The van der Waals surface area contributed by atoms with Crippen molar-refractivity contribution in [2.45, 2.75) is 25.7 Å². The molecule has 160 valence electrons. The lowest BCUT2D eigenvalue weighted by molar-refractivity contribution is -0.137. The number of amides is 2. The van der Waals surface area contributed by atoms with Crippen LogP contribution in [-0.2, 0) is 17.5 Å². The lowest BCUT2D eigenvalue weighted by atomic mass is 10.00. The quantitative estimate of drug-likeness (QED) is 0.611. The molecule has 3 aromatic carbocycles. The van der Waals surface area contributed by atoms with E-state index in [-0.39, 0.29) is 12.1 Å². The van der Waals surface area contributed by atoms with Crippen molar-refractivity contribution in [3.8, 4) is 0 Å². The van der Waals surface area contributed by atoms with Gasteiger partial charge < -0.3 is 10.6 Å². The Labute approximate surface area is 178 Å². The van der Waals surface area contributed by atoms with Gasteiger partial charge in [-0.25, -0.2) is 0 Å². The number of primary amides is 1. The van der Waals surface area contributed by atoms with Crippen LogP contribution >= 0.6 is 0 Å². The lowest BCUT2D eigenvalue weighted by Gasteiger charge is -2.31. The molecule has 0 unspecified atom stereocenters. The molecule has 3 aromatic rings. The van der Waals surface area contributed by atoms with Crippen molar-refractivity contribution < 1.29 is 22.8 Å². The van der Waals surface area contributed by atoms with Gasteiger partial charge in [0.15, 0.2) is 0 Å². The molecule has 2 N–H and O–H groups in total. The van der Waals surface area contributed by atoms with Crippen LogP contribution in [-0.4, -0.2) is 16.7 Å². The Hall–Kier alpha value is -3.61. The highest BCUT2D eigenvalue weighted by Crippen LogP contribution is 2.31. The number of alkyl halides is 3. The van der Waals surface area contributed by atoms with Gasteiger partial charge in [0.25, 0.3) is 5.91 Å². The van der Waals surface area contributed by atoms with E-state index in [1.807, 2.05) is 0 Å². The van der Waals surface area contributed by atoms with Gasteiger partial charge in [0, 0.05) is 12.1 Å². The van der Waals surface area contributed by atoms with Crippen molar-refractivity contribution in [1.29, 1.82) is 0 Å². The van der Waals surface area contributed by atoms with Gasteiger partial charge in [0.2, 0.25) is 5.91 Å². The molecule has 4 nitrogen and oxygen atoms in total. The number of aryl methyl sites for hydroxylation is 1. The first-order chi connectivity index (χ1) is 14.7. The first-order valence-corrected chi connectivity index (χ1v) is 9.55. The zero-order valence-electron chi connectivity index (χ0n) is 16.8. The smallest absolute Gasteiger partial charge is 0.368 e. The largest absolute Gasteiger partial charge is 0.416 e. The Morgan fingerprint density at radius 3 is 2.19 bits per heavy atom. The highest BCUT2D eigenvalue weighted by atomic mass is 19.4. The molecular formula is C24H21F3N2O2. The zero-order valence-corrected chi connectivity index (χ0v) is 16.8. The molecule has 0 aliphatic rings. The van der Waals surface area contributed by atoms with Gasteiger partial charge in [-0.2, -0.15) is 13.2 Å². The topological polar surface area (TPSA) is 63.4 Å². The van der Waals surface area contributed by atoms with E-state index in [0.29, 0.717) is 16.7 Å². The molecule has 0 heterocycles. The van der Waals surface area contributed by atoms with Crippen LogP contribution in [0.25, 0.3) is 0 Å². The van der Waals surface area contributed by atoms with Crippen molar-refractivity contribution in [2.24, 2.45) is 5.73 Å². The number of rotatable bonds is 6. The lowest BCUT2D eigenvalue weighted by Crippen LogP contribution is -2.41. The minimum atomic E-state index is -4.52. The van der Waals surface area contributed by atoms with Gasteiger partial charge >= 0.3 is 6.18 Å². The summed E-state index contributed by atoms with van der Waals surface area (Å²) in [4.78, 5) is 27.1. The maximum atomic E-state index is 13.5. The van der Waals surface area contributed by atoms with E-state index >= 15 is 0 Å². The third-order valence-corrected chi connectivity index (χ3v) is 4.94. The fraction of sp³-hybridized carbons (Fsp3) is 0.167. The second-order valence-corrected chi connectivity index (χ2v) is 7.16. The SMILES string of the molecule is Cc1ccccc1C(=O)N(Cc1cccc(C(F)(F)F)c1)[C@@H](C(N)=O)c1ccccc1. The van der Waals surface area contributed by atoms with Gasteiger partial charge in [-0.1, -0.05) is 60.7 Å². The average molecular weight is 426 g/mol. The summed E-state index contributed by atoms with van der Waals surface area (Å²) >= 11 is 0. The van der Waals surface area contributed by atoms with Crippen LogP contribution in [0.4, 0.5) is 13.2 Å². The van der Waals surface area contributed by atoms with Gasteiger partial charge in [0.1, 0.15) is 6.04 Å². The van der Waals surface area contributed by atoms with E-state index < -0.39 is 29.6 Å². The predicted molar refractivity (Wildman–Crippen MR) is 111 cm³/mol. The molecule has 0 fully saturated rings. The van der Waals surface area contributed by atoms with Gasteiger partial charge in [0.05, 0.1) is 5.56 Å². The minimum Gasteiger partial charge on any atom is -0.368 e. The Morgan fingerprint density at radius 1 is 0.935 bits per heavy atom. The summed E-state index contributed by atoms with van der Waals surface area (Å²) in [7, 11) is 0. The molecule has 7 heteroatoms. The van der Waals surface area contributed by atoms with Gasteiger partial charge in [-0.3, -0.25) is 9.59 Å². The fourth-order valence-corrected chi connectivity index (χ4v) is 3.42. The van der Waals surface area contributed by atoms with Crippen molar-refractivity contribution in [1.82, 2.24) is 4.90 Å². The molecule has 1 atom stereocenters. The summed E-state index contributed by atoms with van der Waals surface area (Å²) in [5.41, 5.74) is 6.57. The van der Waals surface area contributed by atoms with Gasteiger partial charge in [-0.05, 0) is 41.8 Å². The molecule has 0 spiro atoms. The number of nitrogens with zero attached hydrogens (tertiary/aromatic N) is 1. The molecule has 2 amide bonds. The molecule has 0 bridgehead atoms. The van der Waals surface area contributed by atoms with E-state index in [4.69, 9.17) is 5.73 Å². The maximum Gasteiger partial charge on any atom is 0.416 e. The molecule has 0 radical (unpaired) electrons. The highest BCUT2D eigenvalue weighted by Gasteiger charge is 2.33. The Bertz CT molecular complexity index is 1080. The standard InChI is InChI=1S/C24H21F3N2O2/c1-16-8-5-6-13-20(16)23(31)29(21(22(28)30)18-10-3-2-4-11-18)15-17-9-7-12-19(14-17)24(25,26)27/h2-14,21H,15H2,1H3,(H2,28,30)/t21-/m1/s1. The van der Waals surface area contributed by atoms with Crippen LogP contribution in [0.5, 0.6) is 0 Å². The number of halogens is 3. The summed E-state index contributed by atoms with van der Waals surface area (Å²) in [5, 5.41) is 0. The highest BCUT2D eigenvalue weighted by molar-refractivity contribution is 5.98. The van der Waals surface area contributed by atoms with Crippen LogP contribution in [0.3, 0.4) is 0 Å². The second-order valence-electron chi connectivity index (χ2n) is 7.16. The molecule has 0 aliphatic carbocycles. The van der Waals surface area contributed by atoms with Crippen molar-refractivity contribution in [2.75, 3.05) is 0 Å². The van der Waals surface area contributed by atoms with E-state index in [1.165, 1.54) is 17.0 Å². The van der Waals surface area contributed by atoms with Crippen LogP contribution in [0.15, 0.2) is 78.9 Å². The average Bonchev–Trinajstić information content (AvgIpc) is 2.73. The third-order valence-electron chi connectivity index (χ3n) is 4.94. The molecule has 3 rings (SSSR count). The summed E-state index contributed by atoms with van der Waals surface area (Å²) < 4.78 is 39.5. The van der Waals surface area contributed by atoms with Crippen molar-refractivity contribution >= 4 is 11.8 Å². The van der Waals surface area contributed by atoms with Crippen LogP contribution < -0.4 is 5.73 Å². The first-order valence-electron chi connectivity index (χ1n) is 9.55. The number of hydrogen-bond donors (Lipinski definition) is 1. The maximum absolute atomic E-state index is 13.5. The minimum absolute atomic E-state index is 0.223. The second kappa shape index (κ2) is 9.04. The monoisotopic (exact) mass is 426 g/mol. The normalized spacial score (nSPS) is 12.3. The summed E-state index contributed by atoms with van der Waals surface area (Å²) in [6.45, 7) is 1.52. The van der Waals surface area contributed by atoms with E-state index in [1.54, 1.807) is 61.5 Å². The molecular weight excluding hydrogens is 405 g/mol. The Balaban J connectivity index is 2.09. The number of carbonyl (C=O) groups excluding carboxylic acids is 2. The molecule has 0 saturated carbocycles. The number of hydrogen-bond acceptors (Lipinski definition) is 2. The Kier molecular flexibility index (Phi) is 6.44. The first kappa shape index (κ1) is 22.1. The van der Waals surface area contributed by atoms with Crippen molar-refractivity contribution in [3.63, 3.8) is 0 Å². The summed E-state index contributed by atoms with van der Waals surface area (Å²) in [6.07, 6.45) is -4.52. The van der Waals surface area contributed by atoms with Gasteiger partial charge in [-0.15, -0.1) is 0 Å². The predicted octanol–water partition coefficient (Wildman–Crippen LogP) is 4.88. The molecule has 0 aromatic heterocycles. The van der Waals surface area contributed by atoms with E-state index in [0.717, 1.165) is 12.1 Å². The zero-order chi connectivity index (χ0) is 22.6. The third kappa shape index (κ3) is 5.12. The van der Waals surface area contributed by atoms with Crippen molar-refractivity contribution in [3.05, 3.63) is 107 Å². The number of nitrogens with two attached hydrogens (primary N) is 1. The van der Waals surface area contributed by atoms with E-state index in [2.05, 4.69) is 0 Å². The molecule has 0 saturated heterocycles. The van der Waals surface area contributed by atoms with Crippen LogP contribution in [0, 0.1) is 6.92 Å². The summed E-state index contributed by atoms with van der Waals surface area (Å²) in [5.74, 6) is -1.27. The summed E-state index contributed by atoms with van der Waals surface area (Å²) in [6, 6.07) is 18.8. The Morgan fingerprint density at radius 2 is 1.58 bits per heavy atom.